The van der Waals surface area contributed by atoms with Gasteiger partial charge in [0.1, 0.15) is 11.5 Å². The standard InChI is InChI=1S/C12H16O2/c1-8-5-11(14-4)6-9(2)12(8)7-10(3)13/h5-6H,7H2,1-4H3. The fraction of sp³-hybridized carbons (Fsp3) is 0.417. The zero-order valence-electron chi connectivity index (χ0n) is 9.18. The number of Topliss-reactive ketones (excluding diaryl/α,β-unsaturated/α-hetero) is 1. The Kier molecular flexibility index (Phi) is 3.28. The molecule has 0 saturated heterocycles. The van der Waals surface area contributed by atoms with E-state index in [1.54, 1.807) is 14.0 Å². The van der Waals surface area contributed by atoms with Gasteiger partial charge in [-0.05, 0) is 49.6 Å². The van der Waals surface area contributed by atoms with Crippen molar-refractivity contribution in [2.75, 3.05) is 7.11 Å². The first kappa shape index (κ1) is 10.8. The first-order valence-electron chi connectivity index (χ1n) is 4.68. The van der Waals surface area contributed by atoms with E-state index >= 15 is 0 Å². The molecule has 1 aromatic carbocycles. The molecule has 0 saturated carbocycles. The molecule has 0 fully saturated rings. The van der Waals surface area contributed by atoms with Gasteiger partial charge in [-0.15, -0.1) is 0 Å². The first-order chi connectivity index (χ1) is 6.54. The second kappa shape index (κ2) is 4.27. The fourth-order valence-electron chi connectivity index (χ4n) is 1.60. The number of ether oxygens (including phenoxy) is 1. The van der Waals surface area contributed by atoms with Gasteiger partial charge in [-0.25, -0.2) is 0 Å². The van der Waals surface area contributed by atoms with Crippen molar-refractivity contribution in [3.8, 4) is 5.75 Å². The lowest BCUT2D eigenvalue weighted by atomic mass is 9.98. The number of benzene rings is 1. The number of methoxy groups -OCH3 is 1. The van der Waals surface area contributed by atoms with Crippen LogP contribution in [0.4, 0.5) is 0 Å². The summed E-state index contributed by atoms with van der Waals surface area (Å²) in [6, 6.07) is 3.93. The summed E-state index contributed by atoms with van der Waals surface area (Å²) in [5, 5.41) is 0. The van der Waals surface area contributed by atoms with E-state index in [1.165, 1.54) is 0 Å². The van der Waals surface area contributed by atoms with Gasteiger partial charge in [0, 0.05) is 6.42 Å². The van der Waals surface area contributed by atoms with Crippen LogP contribution in [0.2, 0.25) is 0 Å². The van der Waals surface area contributed by atoms with Gasteiger partial charge in [-0.2, -0.15) is 0 Å². The average Bonchev–Trinajstić information content (AvgIpc) is 2.10. The van der Waals surface area contributed by atoms with E-state index in [1.807, 2.05) is 26.0 Å². The van der Waals surface area contributed by atoms with Crippen LogP contribution in [-0.2, 0) is 11.2 Å². The second-order valence-corrected chi connectivity index (χ2v) is 3.62. The predicted molar refractivity (Wildman–Crippen MR) is 56.9 cm³/mol. The van der Waals surface area contributed by atoms with E-state index < -0.39 is 0 Å². The van der Waals surface area contributed by atoms with Crippen molar-refractivity contribution in [2.45, 2.75) is 27.2 Å². The van der Waals surface area contributed by atoms with Crippen molar-refractivity contribution in [3.05, 3.63) is 28.8 Å². The summed E-state index contributed by atoms with van der Waals surface area (Å²) >= 11 is 0. The normalized spacial score (nSPS) is 10.0. The Morgan fingerprint density at radius 2 is 1.79 bits per heavy atom. The monoisotopic (exact) mass is 192 g/mol. The molecule has 0 atom stereocenters. The lowest BCUT2D eigenvalue weighted by Gasteiger charge is -2.10. The Morgan fingerprint density at radius 3 is 2.14 bits per heavy atom. The largest absolute Gasteiger partial charge is 0.497 e. The molecule has 0 radical (unpaired) electrons. The van der Waals surface area contributed by atoms with Crippen molar-refractivity contribution in [1.29, 1.82) is 0 Å². The van der Waals surface area contributed by atoms with Crippen molar-refractivity contribution in [3.63, 3.8) is 0 Å². The molecular weight excluding hydrogens is 176 g/mol. The van der Waals surface area contributed by atoms with E-state index in [0.29, 0.717) is 6.42 Å². The van der Waals surface area contributed by atoms with Crippen LogP contribution < -0.4 is 4.74 Å². The first-order valence-corrected chi connectivity index (χ1v) is 4.68. The van der Waals surface area contributed by atoms with Crippen LogP contribution in [-0.4, -0.2) is 12.9 Å². The summed E-state index contributed by atoms with van der Waals surface area (Å²) in [5.74, 6) is 1.05. The molecule has 0 aliphatic heterocycles. The van der Waals surface area contributed by atoms with Crippen LogP contribution in [0, 0.1) is 13.8 Å². The molecule has 0 aliphatic carbocycles. The molecule has 1 aromatic rings. The van der Waals surface area contributed by atoms with E-state index in [9.17, 15) is 4.79 Å². The molecule has 0 spiro atoms. The maximum Gasteiger partial charge on any atom is 0.134 e. The maximum absolute atomic E-state index is 11.0. The van der Waals surface area contributed by atoms with E-state index in [-0.39, 0.29) is 5.78 Å². The topological polar surface area (TPSA) is 26.3 Å². The maximum atomic E-state index is 11.0. The zero-order valence-corrected chi connectivity index (χ0v) is 9.18. The molecule has 0 aromatic heterocycles. The van der Waals surface area contributed by atoms with Gasteiger partial charge in [0.05, 0.1) is 7.11 Å². The molecule has 0 unspecified atom stereocenters. The Bertz CT molecular complexity index is 330. The number of hydrogen-bond donors (Lipinski definition) is 0. The molecule has 1 rings (SSSR count). The summed E-state index contributed by atoms with van der Waals surface area (Å²) in [7, 11) is 1.65. The van der Waals surface area contributed by atoms with Gasteiger partial charge in [0.2, 0.25) is 0 Å². The highest BCUT2D eigenvalue weighted by molar-refractivity contribution is 5.79. The van der Waals surface area contributed by atoms with E-state index in [2.05, 4.69) is 0 Å². The zero-order chi connectivity index (χ0) is 10.7. The molecular formula is C12H16O2. The van der Waals surface area contributed by atoms with Crippen LogP contribution in [0.1, 0.15) is 23.6 Å². The fourth-order valence-corrected chi connectivity index (χ4v) is 1.60. The van der Waals surface area contributed by atoms with Gasteiger partial charge in [0.25, 0.3) is 0 Å². The van der Waals surface area contributed by atoms with Crippen LogP contribution in [0.3, 0.4) is 0 Å². The molecule has 2 nitrogen and oxygen atoms in total. The summed E-state index contributed by atoms with van der Waals surface area (Å²) < 4.78 is 5.15. The minimum Gasteiger partial charge on any atom is -0.497 e. The highest BCUT2D eigenvalue weighted by atomic mass is 16.5. The lowest BCUT2D eigenvalue weighted by molar-refractivity contribution is -0.116. The quantitative estimate of drug-likeness (QED) is 0.735. The molecule has 76 valence electrons. The number of carbonyl (C=O) groups excluding carboxylic acids is 1. The third-order valence-corrected chi connectivity index (χ3v) is 2.33. The van der Waals surface area contributed by atoms with Gasteiger partial charge >= 0.3 is 0 Å². The Hall–Kier alpha value is -1.31. The smallest absolute Gasteiger partial charge is 0.134 e. The Balaban J connectivity index is 3.11. The van der Waals surface area contributed by atoms with Gasteiger partial charge in [0.15, 0.2) is 0 Å². The van der Waals surface area contributed by atoms with Crippen LogP contribution in [0.5, 0.6) is 5.75 Å². The Morgan fingerprint density at radius 1 is 1.29 bits per heavy atom. The number of carbonyl (C=O) groups is 1. The molecule has 0 N–H and O–H groups in total. The minimum absolute atomic E-state index is 0.196. The SMILES string of the molecule is COc1cc(C)c(CC(C)=O)c(C)c1. The molecule has 14 heavy (non-hydrogen) atoms. The minimum atomic E-state index is 0.196. The summed E-state index contributed by atoms with van der Waals surface area (Å²) in [6.45, 7) is 5.63. The molecule has 0 heterocycles. The van der Waals surface area contributed by atoms with E-state index in [0.717, 1.165) is 22.4 Å². The van der Waals surface area contributed by atoms with Crippen LogP contribution in [0.15, 0.2) is 12.1 Å². The average molecular weight is 192 g/mol. The van der Waals surface area contributed by atoms with Crippen molar-refractivity contribution >= 4 is 5.78 Å². The number of hydrogen-bond acceptors (Lipinski definition) is 2. The summed E-state index contributed by atoms with van der Waals surface area (Å²) in [5.41, 5.74) is 3.37. The molecule has 0 bridgehead atoms. The van der Waals surface area contributed by atoms with Gasteiger partial charge in [-0.1, -0.05) is 0 Å². The lowest BCUT2D eigenvalue weighted by Crippen LogP contribution is -2.02. The van der Waals surface area contributed by atoms with Crippen molar-refractivity contribution in [1.82, 2.24) is 0 Å². The summed E-state index contributed by atoms with van der Waals surface area (Å²) in [6.07, 6.45) is 0.516. The predicted octanol–water partition coefficient (Wildman–Crippen LogP) is 2.44. The third kappa shape index (κ3) is 2.34. The third-order valence-electron chi connectivity index (χ3n) is 2.33. The van der Waals surface area contributed by atoms with Crippen LogP contribution >= 0.6 is 0 Å². The molecule has 0 aliphatic rings. The number of ketones is 1. The Labute approximate surface area is 84.9 Å². The van der Waals surface area contributed by atoms with Gasteiger partial charge < -0.3 is 4.74 Å². The van der Waals surface area contributed by atoms with Crippen molar-refractivity contribution < 1.29 is 9.53 Å². The number of aryl methyl sites for hydroxylation is 2. The van der Waals surface area contributed by atoms with Crippen LogP contribution in [0.25, 0.3) is 0 Å². The highest BCUT2D eigenvalue weighted by Crippen LogP contribution is 2.22. The number of rotatable bonds is 3. The molecule has 0 amide bonds. The second-order valence-electron chi connectivity index (χ2n) is 3.62. The highest BCUT2D eigenvalue weighted by Gasteiger charge is 2.07. The summed E-state index contributed by atoms with van der Waals surface area (Å²) in [4.78, 5) is 11.0. The molecule has 2 heteroatoms. The van der Waals surface area contributed by atoms with Crippen molar-refractivity contribution in [2.24, 2.45) is 0 Å². The van der Waals surface area contributed by atoms with Gasteiger partial charge in [-0.3, -0.25) is 4.79 Å². The van der Waals surface area contributed by atoms with E-state index in [4.69, 9.17) is 4.74 Å².